The van der Waals surface area contributed by atoms with E-state index in [-0.39, 0.29) is 36.9 Å². The van der Waals surface area contributed by atoms with Crippen molar-refractivity contribution in [3.8, 4) is 0 Å². The summed E-state index contributed by atoms with van der Waals surface area (Å²) in [5, 5.41) is 0. The molecule has 3 rings (SSSR count). The van der Waals surface area contributed by atoms with Gasteiger partial charge in [0.2, 0.25) is 0 Å². The first kappa shape index (κ1) is 15.9. The summed E-state index contributed by atoms with van der Waals surface area (Å²) in [6.45, 7) is 0.171. The Morgan fingerprint density at radius 2 is 1.20 bits per heavy atom. The smallest absolute Gasteiger partial charge is 0.264 e. The lowest BCUT2D eigenvalue weighted by atomic mass is 9.63. The molecule has 8 heteroatoms. The van der Waals surface area contributed by atoms with E-state index in [0.29, 0.717) is 0 Å². The number of allylic oxidation sites excluding steroid dienone is 2. The van der Waals surface area contributed by atoms with Crippen molar-refractivity contribution in [2.24, 2.45) is 23.7 Å². The van der Waals surface area contributed by atoms with Crippen LogP contribution in [0.4, 0.5) is 0 Å². The number of hydrogen-bond donors (Lipinski definition) is 0. The first-order valence-corrected chi connectivity index (χ1v) is 10.2. The van der Waals surface area contributed by atoms with E-state index in [1.165, 1.54) is 0 Å². The summed E-state index contributed by atoms with van der Waals surface area (Å²) in [5.41, 5.74) is 0. The van der Waals surface area contributed by atoms with Gasteiger partial charge in [-0.25, -0.2) is 0 Å². The van der Waals surface area contributed by atoms with Gasteiger partial charge in [-0.05, 0) is 36.5 Å². The molecule has 0 aromatic heterocycles. The van der Waals surface area contributed by atoms with E-state index in [4.69, 9.17) is 8.37 Å². The molecule has 4 unspecified atom stereocenters. The highest BCUT2D eigenvalue weighted by Gasteiger charge is 2.41. The third-order valence-corrected chi connectivity index (χ3v) is 5.17. The molecule has 3 aliphatic rings. The molecule has 0 radical (unpaired) electrons. The third-order valence-electron chi connectivity index (χ3n) is 4.04. The van der Waals surface area contributed by atoms with Crippen molar-refractivity contribution >= 4 is 20.2 Å². The molecule has 0 aromatic rings. The molecule has 20 heavy (non-hydrogen) atoms. The van der Waals surface area contributed by atoms with Gasteiger partial charge in [-0.15, -0.1) is 0 Å². The van der Waals surface area contributed by atoms with Crippen molar-refractivity contribution in [3.05, 3.63) is 12.2 Å². The van der Waals surface area contributed by atoms with Gasteiger partial charge in [0.05, 0.1) is 25.7 Å². The van der Waals surface area contributed by atoms with Gasteiger partial charge >= 0.3 is 0 Å². The monoisotopic (exact) mass is 324 g/mol. The van der Waals surface area contributed by atoms with Gasteiger partial charge < -0.3 is 0 Å². The number of fused-ring (bicyclic) bond motifs is 2. The summed E-state index contributed by atoms with van der Waals surface area (Å²) < 4.78 is 54.4. The molecule has 116 valence electrons. The van der Waals surface area contributed by atoms with Crippen LogP contribution in [-0.2, 0) is 28.6 Å². The van der Waals surface area contributed by atoms with Crippen LogP contribution < -0.4 is 0 Å². The van der Waals surface area contributed by atoms with Crippen LogP contribution in [0.3, 0.4) is 0 Å². The lowest BCUT2D eigenvalue weighted by Crippen LogP contribution is -2.42. The van der Waals surface area contributed by atoms with E-state index in [1.54, 1.807) is 0 Å². The van der Waals surface area contributed by atoms with E-state index in [0.717, 1.165) is 25.4 Å². The topological polar surface area (TPSA) is 86.7 Å². The summed E-state index contributed by atoms with van der Waals surface area (Å²) in [6, 6.07) is 0. The van der Waals surface area contributed by atoms with Crippen LogP contribution in [0.1, 0.15) is 12.8 Å². The molecule has 3 aliphatic carbocycles. The van der Waals surface area contributed by atoms with Gasteiger partial charge in [0, 0.05) is 0 Å². The molecule has 2 bridgehead atoms. The Bertz CT molecular complexity index is 525. The Kier molecular flexibility index (Phi) is 4.58. The normalized spacial score (nSPS) is 33.5. The highest BCUT2D eigenvalue weighted by Crippen LogP contribution is 2.45. The van der Waals surface area contributed by atoms with E-state index in [9.17, 15) is 16.8 Å². The van der Waals surface area contributed by atoms with E-state index < -0.39 is 20.2 Å². The van der Waals surface area contributed by atoms with Crippen LogP contribution >= 0.6 is 0 Å². The van der Waals surface area contributed by atoms with Gasteiger partial charge in [0.15, 0.2) is 0 Å². The Labute approximate surface area is 120 Å². The third kappa shape index (κ3) is 4.28. The standard InChI is InChI=1S/C12H20O6S2/c1-19(13,14)17-7-11-9-3-5-10(6-4-9)12(11)8-18-20(2,15)16/h3,5,9-12H,4,6-8H2,1-2H3. The fourth-order valence-corrected chi connectivity index (χ4v) is 3.92. The maximum atomic E-state index is 11.1. The average Bonchev–Trinajstić information content (AvgIpc) is 2.33. The molecule has 1 fully saturated rings. The van der Waals surface area contributed by atoms with Crippen LogP contribution in [0.15, 0.2) is 12.2 Å². The summed E-state index contributed by atoms with van der Waals surface area (Å²) in [4.78, 5) is 0. The SMILES string of the molecule is CS(=O)(=O)OCC1C2C=CC(CC2)C1COS(C)(=O)=O. The highest BCUT2D eigenvalue weighted by atomic mass is 32.2. The quantitative estimate of drug-likeness (QED) is 0.530. The van der Waals surface area contributed by atoms with Gasteiger partial charge in [-0.3, -0.25) is 8.37 Å². The van der Waals surface area contributed by atoms with E-state index in [2.05, 4.69) is 12.2 Å². The minimum Gasteiger partial charge on any atom is -0.270 e. The second kappa shape index (κ2) is 5.75. The summed E-state index contributed by atoms with van der Waals surface area (Å²) >= 11 is 0. The Balaban J connectivity index is 2.07. The highest BCUT2D eigenvalue weighted by molar-refractivity contribution is 7.86. The molecule has 0 amide bonds. The van der Waals surface area contributed by atoms with Crippen LogP contribution in [0.25, 0.3) is 0 Å². The Morgan fingerprint density at radius 3 is 1.45 bits per heavy atom. The van der Waals surface area contributed by atoms with E-state index in [1.807, 2.05) is 0 Å². The maximum absolute atomic E-state index is 11.1. The predicted molar refractivity (Wildman–Crippen MR) is 73.9 cm³/mol. The first-order chi connectivity index (χ1) is 9.16. The molecule has 0 saturated heterocycles. The largest absolute Gasteiger partial charge is 0.270 e. The zero-order valence-corrected chi connectivity index (χ0v) is 13.2. The summed E-state index contributed by atoms with van der Waals surface area (Å²) in [6.07, 6.45) is 8.17. The lowest BCUT2D eigenvalue weighted by Gasteiger charge is -2.44. The zero-order valence-electron chi connectivity index (χ0n) is 11.6. The molecular formula is C12H20O6S2. The summed E-state index contributed by atoms with van der Waals surface area (Å²) in [7, 11) is -6.98. The van der Waals surface area contributed by atoms with Crippen molar-refractivity contribution in [3.63, 3.8) is 0 Å². The molecule has 1 saturated carbocycles. The van der Waals surface area contributed by atoms with Gasteiger partial charge in [0.1, 0.15) is 0 Å². The first-order valence-electron chi connectivity index (χ1n) is 6.53. The van der Waals surface area contributed by atoms with Crippen LogP contribution in [0.2, 0.25) is 0 Å². The fourth-order valence-electron chi connectivity index (χ4n) is 3.11. The molecule has 0 aliphatic heterocycles. The molecule has 0 N–H and O–H groups in total. The van der Waals surface area contributed by atoms with Crippen molar-refractivity contribution in [2.75, 3.05) is 25.7 Å². The molecule has 0 spiro atoms. The lowest BCUT2D eigenvalue weighted by molar-refractivity contribution is 0.0445. The minimum absolute atomic E-state index is 0.0183. The van der Waals surface area contributed by atoms with Gasteiger partial charge in [-0.2, -0.15) is 16.8 Å². The van der Waals surface area contributed by atoms with Crippen molar-refractivity contribution in [2.45, 2.75) is 12.8 Å². The second-order valence-electron chi connectivity index (χ2n) is 5.59. The van der Waals surface area contributed by atoms with Crippen LogP contribution in [0.5, 0.6) is 0 Å². The number of hydrogen-bond acceptors (Lipinski definition) is 6. The van der Waals surface area contributed by atoms with E-state index >= 15 is 0 Å². The average molecular weight is 324 g/mol. The van der Waals surface area contributed by atoms with Gasteiger partial charge in [-0.1, -0.05) is 12.2 Å². The molecule has 0 heterocycles. The molecule has 0 aromatic carbocycles. The van der Waals surface area contributed by atoms with Crippen LogP contribution in [0, 0.1) is 23.7 Å². The van der Waals surface area contributed by atoms with Gasteiger partial charge in [0.25, 0.3) is 20.2 Å². The number of rotatable bonds is 6. The molecule has 6 nitrogen and oxygen atoms in total. The van der Waals surface area contributed by atoms with Crippen molar-refractivity contribution in [1.29, 1.82) is 0 Å². The fraction of sp³-hybridized carbons (Fsp3) is 0.833. The van der Waals surface area contributed by atoms with Crippen LogP contribution in [-0.4, -0.2) is 42.6 Å². The van der Waals surface area contributed by atoms with Crippen molar-refractivity contribution in [1.82, 2.24) is 0 Å². The predicted octanol–water partition coefficient (Wildman–Crippen LogP) is 0.767. The minimum atomic E-state index is -3.49. The van der Waals surface area contributed by atoms with Crippen molar-refractivity contribution < 1.29 is 25.2 Å². The zero-order chi connectivity index (χ0) is 15.0. The maximum Gasteiger partial charge on any atom is 0.264 e. The Morgan fingerprint density at radius 1 is 0.850 bits per heavy atom. The Hall–Kier alpha value is -0.440. The summed E-state index contributed by atoms with van der Waals surface area (Å²) in [5.74, 6) is 0.426. The molecule has 4 atom stereocenters. The second-order valence-corrected chi connectivity index (χ2v) is 8.88. The molecular weight excluding hydrogens is 304 g/mol.